The maximum atomic E-state index is 12.3. The Morgan fingerprint density at radius 2 is 1.91 bits per heavy atom. The molecule has 2 aliphatic heterocycles. The molecule has 2 heterocycles. The quantitative estimate of drug-likeness (QED) is 0.734. The van der Waals surface area contributed by atoms with Crippen molar-refractivity contribution in [3.05, 3.63) is 0 Å². The van der Waals surface area contributed by atoms with Gasteiger partial charge in [0.1, 0.15) is 12.2 Å². The van der Waals surface area contributed by atoms with E-state index in [1.807, 2.05) is 0 Å². The van der Waals surface area contributed by atoms with Crippen LogP contribution in [-0.2, 0) is 19.1 Å². The van der Waals surface area contributed by atoms with Crippen LogP contribution >= 0.6 is 0 Å². The first-order chi connectivity index (χ1) is 11.0. The average Bonchev–Trinajstić information content (AvgIpc) is 3.25. The summed E-state index contributed by atoms with van der Waals surface area (Å²) in [6, 6.07) is 0. The highest BCUT2D eigenvalue weighted by atomic mass is 16.6. The van der Waals surface area contributed by atoms with Gasteiger partial charge in [-0.3, -0.25) is 9.59 Å². The first-order valence-corrected chi connectivity index (χ1v) is 9.40. The SMILES string of the molecule is C[C@@H]1C2CC3C(C(=O)OC31)C2CC1C2CC3C1OC(=O)[C@]3(C)C2. The van der Waals surface area contributed by atoms with E-state index in [1.54, 1.807) is 0 Å². The van der Waals surface area contributed by atoms with Crippen molar-refractivity contribution in [2.24, 2.45) is 52.8 Å². The third-order valence-corrected chi connectivity index (χ3v) is 8.90. The number of carbonyl (C=O) groups excluding carboxylic acids is 2. The molecule has 6 aliphatic rings. The molecule has 6 fully saturated rings. The number of fused-ring (bicyclic) bond motifs is 2. The Labute approximate surface area is 136 Å². The van der Waals surface area contributed by atoms with Gasteiger partial charge in [0.05, 0.1) is 11.3 Å². The lowest BCUT2D eigenvalue weighted by molar-refractivity contribution is -0.148. The lowest BCUT2D eigenvalue weighted by Gasteiger charge is -2.36. The lowest BCUT2D eigenvalue weighted by Crippen LogP contribution is -2.38. The van der Waals surface area contributed by atoms with Gasteiger partial charge in [0, 0.05) is 11.8 Å². The lowest BCUT2D eigenvalue weighted by atomic mass is 9.66. The number of carbonyl (C=O) groups is 2. The molecule has 4 aliphatic carbocycles. The van der Waals surface area contributed by atoms with E-state index in [0.717, 1.165) is 19.3 Å². The molecule has 23 heavy (non-hydrogen) atoms. The van der Waals surface area contributed by atoms with E-state index in [9.17, 15) is 9.59 Å². The molecule has 2 saturated heterocycles. The van der Waals surface area contributed by atoms with Crippen molar-refractivity contribution in [1.29, 1.82) is 0 Å². The molecule has 0 aromatic carbocycles. The first kappa shape index (κ1) is 13.3. The molecular formula is C19H24O4. The van der Waals surface area contributed by atoms with E-state index >= 15 is 0 Å². The third-order valence-electron chi connectivity index (χ3n) is 8.90. The Bertz CT molecular complexity index is 629. The zero-order valence-electron chi connectivity index (χ0n) is 13.7. The number of esters is 2. The van der Waals surface area contributed by atoms with Gasteiger partial charge in [0.2, 0.25) is 0 Å². The molecule has 9 unspecified atom stereocenters. The largest absolute Gasteiger partial charge is 0.462 e. The van der Waals surface area contributed by atoms with Gasteiger partial charge in [-0.25, -0.2) is 0 Å². The van der Waals surface area contributed by atoms with Crippen LogP contribution in [0.1, 0.15) is 39.5 Å². The predicted molar refractivity (Wildman–Crippen MR) is 79.9 cm³/mol. The molecule has 0 spiro atoms. The van der Waals surface area contributed by atoms with Gasteiger partial charge in [-0.05, 0) is 62.2 Å². The van der Waals surface area contributed by atoms with Crippen LogP contribution in [-0.4, -0.2) is 24.1 Å². The van der Waals surface area contributed by atoms with Crippen molar-refractivity contribution >= 4 is 11.9 Å². The molecule has 0 aromatic rings. The highest BCUT2D eigenvalue weighted by Gasteiger charge is 2.70. The Kier molecular flexibility index (Phi) is 2.18. The minimum Gasteiger partial charge on any atom is -0.462 e. The zero-order chi connectivity index (χ0) is 15.7. The molecule has 0 N–H and O–H groups in total. The van der Waals surface area contributed by atoms with Gasteiger partial charge in [0.25, 0.3) is 0 Å². The Morgan fingerprint density at radius 1 is 1.09 bits per heavy atom. The van der Waals surface area contributed by atoms with Crippen LogP contribution in [0.3, 0.4) is 0 Å². The Balaban J connectivity index is 1.30. The minimum atomic E-state index is -0.203. The molecule has 0 amide bonds. The Morgan fingerprint density at radius 3 is 2.74 bits per heavy atom. The molecule has 124 valence electrons. The van der Waals surface area contributed by atoms with Gasteiger partial charge in [-0.2, -0.15) is 0 Å². The highest BCUT2D eigenvalue weighted by molar-refractivity contribution is 5.80. The van der Waals surface area contributed by atoms with Crippen molar-refractivity contribution in [3.63, 3.8) is 0 Å². The summed E-state index contributed by atoms with van der Waals surface area (Å²) in [7, 11) is 0. The fourth-order valence-electron chi connectivity index (χ4n) is 7.93. The van der Waals surface area contributed by atoms with Crippen molar-refractivity contribution in [1.82, 2.24) is 0 Å². The summed E-state index contributed by atoms with van der Waals surface area (Å²) in [5, 5.41) is 0. The van der Waals surface area contributed by atoms with Gasteiger partial charge in [-0.15, -0.1) is 0 Å². The fraction of sp³-hybridized carbons (Fsp3) is 0.895. The van der Waals surface area contributed by atoms with Crippen molar-refractivity contribution in [3.8, 4) is 0 Å². The smallest absolute Gasteiger partial charge is 0.312 e. The maximum Gasteiger partial charge on any atom is 0.312 e. The average molecular weight is 316 g/mol. The Hall–Kier alpha value is -1.06. The molecule has 4 bridgehead atoms. The number of hydrogen-bond acceptors (Lipinski definition) is 4. The summed E-state index contributed by atoms with van der Waals surface area (Å²) in [4.78, 5) is 24.6. The van der Waals surface area contributed by atoms with E-state index in [2.05, 4.69) is 13.8 Å². The molecule has 6 rings (SSSR count). The standard InChI is InChI=1S/C19H24O4/c1-7-9-4-12-14(17(20)22-15(7)12)11(9)5-10-8-3-13-16(10)23-18(21)19(13,2)6-8/h7-16H,3-6H2,1-2H3/t7-,8?,9?,10?,11?,12?,13?,14?,15?,16?,19-/m1/s1. The van der Waals surface area contributed by atoms with E-state index in [4.69, 9.17) is 9.47 Å². The van der Waals surface area contributed by atoms with E-state index < -0.39 is 0 Å². The van der Waals surface area contributed by atoms with Crippen molar-refractivity contribution in [2.45, 2.75) is 51.7 Å². The molecule has 0 aromatic heterocycles. The third kappa shape index (κ3) is 1.30. The monoisotopic (exact) mass is 316 g/mol. The van der Waals surface area contributed by atoms with Crippen LogP contribution in [0.2, 0.25) is 0 Å². The predicted octanol–water partition coefficient (Wildman–Crippen LogP) is 2.41. The second kappa shape index (κ2) is 3.78. The van der Waals surface area contributed by atoms with Crippen LogP contribution in [0.5, 0.6) is 0 Å². The molecule has 4 nitrogen and oxygen atoms in total. The van der Waals surface area contributed by atoms with Crippen LogP contribution in [0.4, 0.5) is 0 Å². The van der Waals surface area contributed by atoms with E-state index in [0.29, 0.717) is 41.4 Å². The molecule has 4 saturated carbocycles. The van der Waals surface area contributed by atoms with E-state index in [-0.39, 0.29) is 35.5 Å². The second-order valence-corrected chi connectivity index (χ2v) is 9.51. The van der Waals surface area contributed by atoms with Crippen molar-refractivity contribution < 1.29 is 19.1 Å². The van der Waals surface area contributed by atoms with Crippen LogP contribution in [0, 0.1) is 52.8 Å². The van der Waals surface area contributed by atoms with Crippen LogP contribution in [0.25, 0.3) is 0 Å². The molecule has 11 atom stereocenters. The minimum absolute atomic E-state index is 0.0409. The van der Waals surface area contributed by atoms with Gasteiger partial charge < -0.3 is 9.47 Å². The first-order valence-electron chi connectivity index (χ1n) is 9.40. The molecular weight excluding hydrogens is 292 g/mol. The number of rotatable bonds is 2. The van der Waals surface area contributed by atoms with Gasteiger partial charge in [-0.1, -0.05) is 6.92 Å². The summed E-state index contributed by atoms with van der Waals surface area (Å²) >= 11 is 0. The fourth-order valence-corrected chi connectivity index (χ4v) is 7.93. The second-order valence-electron chi connectivity index (χ2n) is 9.51. The summed E-state index contributed by atoms with van der Waals surface area (Å²) < 4.78 is 11.5. The zero-order valence-corrected chi connectivity index (χ0v) is 13.7. The summed E-state index contributed by atoms with van der Waals surface area (Å²) in [6.07, 6.45) is 4.75. The van der Waals surface area contributed by atoms with E-state index in [1.165, 1.54) is 6.42 Å². The van der Waals surface area contributed by atoms with Crippen LogP contribution in [0.15, 0.2) is 0 Å². The number of hydrogen-bond donors (Lipinski definition) is 0. The summed E-state index contributed by atoms with van der Waals surface area (Å²) in [5.74, 6) is 3.90. The summed E-state index contributed by atoms with van der Waals surface area (Å²) in [6.45, 7) is 4.37. The topological polar surface area (TPSA) is 52.6 Å². The number of ether oxygens (including phenoxy) is 2. The van der Waals surface area contributed by atoms with Gasteiger partial charge in [0.15, 0.2) is 0 Å². The van der Waals surface area contributed by atoms with Crippen LogP contribution < -0.4 is 0 Å². The van der Waals surface area contributed by atoms with Crippen molar-refractivity contribution in [2.75, 3.05) is 0 Å². The highest BCUT2D eigenvalue weighted by Crippen LogP contribution is 2.67. The van der Waals surface area contributed by atoms with Gasteiger partial charge >= 0.3 is 11.9 Å². The normalized spacial score (nSPS) is 63.9. The molecule has 0 radical (unpaired) electrons. The summed E-state index contributed by atoms with van der Waals surface area (Å²) in [5.41, 5.74) is -0.203. The maximum absolute atomic E-state index is 12.3. The molecule has 4 heteroatoms.